The van der Waals surface area contributed by atoms with Crippen LogP contribution in [0.5, 0.6) is 0 Å². The SMILES string of the molecule is O=C(O)CCOCC(F)(F)C(F)(F)N(F)F. The summed E-state index contributed by atoms with van der Waals surface area (Å²) in [7, 11) is 0. The van der Waals surface area contributed by atoms with Crippen LogP contribution >= 0.6 is 0 Å². The van der Waals surface area contributed by atoms with Crippen molar-refractivity contribution < 1.29 is 41.2 Å². The highest BCUT2D eigenvalue weighted by Crippen LogP contribution is 2.37. The first kappa shape index (κ1) is 15.0. The van der Waals surface area contributed by atoms with Crippen molar-refractivity contribution in [2.45, 2.75) is 18.4 Å². The summed E-state index contributed by atoms with van der Waals surface area (Å²) in [6.07, 6.45) is -0.698. The molecule has 16 heavy (non-hydrogen) atoms. The van der Waals surface area contributed by atoms with Crippen LogP contribution in [0.3, 0.4) is 0 Å². The summed E-state index contributed by atoms with van der Waals surface area (Å²) in [6, 6.07) is -5.67. The van der Waals surface area contributed by atoms with Crippen LogP contribution in [0.4, 0.5) is 26.5 Å². The van der Waals surface area contributed by atoms with E-state index < -0.39 is 42.9 Å². The maximum atomic E-state index is 12.4. The smallest absolute Gasteiger partial charge is 0.421 e. The van der Waals surface area contributed by atoms with Crippen LogP contribution in [-0.2, 0) is 9.53 Å². The molecular formula is C6H7F6NO3. The van der Waals surface area contributed by atoms with Gasteiger partial charge in [0.15, 0.2) is 0 Å². The highest BCUT2D eigenvalue weighted by Gasteiger charge is 2.63. The van der Waals surface area contributed by atoms with Crippen molar-refractivity contribution in [2.24, 2.45) is 0 Å². The van der Waals surface area contributed by atoms with E-state index in [0.29, 0.717) is 0 Å². The summed E-state index contributed by atoms with van der Waals surface area (Å²) >= 11 is 0. The molecule has 0 heterocycles. The third-order valence-corrected chi connectivity index (χ3v) is 1.40. The number of rotatable bonds is 7. The largest absolute Gasteiger partial charge is 0.481 e. The Hall–Kier alpha value is -1.03. The molecule has 0 unspecified atom stereocenters. The van der Waals surface area contributed by atoms with Crippen molar-refractivity contribution in [3.05, 3.63) is 0 Å². The van der Waals surface area contributed by atoms with Gasteiger partial charge in [-0.15, -0.1) is 0 Å². The predicted octanol–water partition coefficient (Wildman–Crippen LogP) is 1.78. The zero-order valence-corrected chi connectivity index (χ0v) is 7.60. The molecule has 0 aliphatic rings. The minimum Gasteiger partial charge on any atom is -0.481 e. The lowest BCUT2D eigenvalue weighted by molar-refractivity contribution is -0.403. The highest BCUT2D eigenvalue weighted by atomic mass is 19.4. The molecular weight excluding hydrogens is 248 g/mol. The van der Waals surface area contributed by atoms with E-state index in [2.05, 4.69) is 4.74 Å². The topological polar surface area (TPSA) is 49.8 Å². The van der Waals surface area contributed by atoms with Gasteiger partial charge in [-0.05, 0) is 0 Å². The zero-order chi connectivity index (χ0) is 13.0. The Balaban J connectivity index is 4.19. The molecule has 96 valence electrons. The molecule has 4 nitrogen and oxygen atoms in total. The number of ether oxygens (including phenoxy) is 1. The highest BCUT2D eigenvalue weighted by molar-refractivity contribution is 5.66. The van der Waals surface area contributed by atoms with Crippen molar-refractivity contribution in [3.8, 4) is 0 Å². The molecule has 0 saturated carbocycles. The molecule has 0 aliphatic heterocycles. The first-order chi connectivity index (χ1) is 7.11. The Morgan fingerprint density at radius 1 is 1.25 bits per heavy atom. The Labute approximate surface area is 85.3 Å². The summed E-state index contributed by atoms with van der Waals surface area (Å²) in [5, 5.41) is 5.12. The summed E-state index contributed by atoms with van der Waals surface area (Å²) in [5.74, 6) is -6.51. The second-order valence-electron chi connectivity index (χ2n) is 2.67. The molecule has 0 aromatic heterocycles. The van der Waals surface area contributed by atoms with E-state index in [1.807, 2.05) is 0 Å². The van der Waals surface area contributed by atoms with Crippen molar-refractivity contribution in [2.75, 3.05) is 13.2 Å². The molecule has 0 amide bonds. The fourth-order valence-corrected chi connectivity index (χ4v) is 0.570. The second-order valence-corrected chi connectivity index (χ2v) is 2.67. The molecule has 10 heteroatoms. The number of carboxylic acid groups (broad SMARTS) is 1. The van der Waals surface area contributed by atoms with Gasteiger partial charge in [0, 0.05) is 0 Å². The Bertz CT molecular complexity index is 246. The van der Waals surface area contributed by atoms with Gasteiger partial charge in [-0.25, -0.2) is 0 Å². The average molecular weight is 255 g/mol. The maximum Gasteiger partial charge on any atom is 0.421 e. The van der Waals surface area contributed by atoms with Crippen molar-refractivity contribution in [3.63, 3.8) is 0 Å². The quantitative estimate of drug-likeness (QED) is 0.326. The van der Waals surface area contributed by atoms with Gasteiger partial charge in [0.1, 0.15) is 6.61 Å². The lowest BCUT2D eigenvalue weighted by atomic mass is 10.3. The van der Waals surface area contributed by atoms with Crippen LogP contribution < -0.4 is 0 Å². The van der Waals surface area contributed by atoms with Crippen molar-refractivity contribution >= 4 is 5.97 Å². The number of carboxylic acids is 1. The first-order valence-electron chi connectivity index (χ1n) is 3.78. The first-order valence-corrected chi connectivity index (χ1v) is 3.78. The van der Waals surface area contributed by atoms with Crippen LogP contribution in [0.25, 0.3) is 0 Å². The van der Waals surface area contributed by atoms with Crippen LogP contribution in [-0.4, -0.2) is 41.6 Å². The normalized spacial score (nSPS) is 13.2. The van der Waals surface area contributed by atoms with E-state index in [1.165, 1.54) is 0 Å². The van der Waals surface area contributed by atoms with E-state index in [9.17, 15) is 31.3 Å². The Kier molecular flexibility index (Phi) is 5.00. The van der Waals surface area contributed by atoms with Crippen LogP contribution in [0.15, 0.2) is 0 Å². The Morgan fingerprint density at radius 3 is 2.12 bits per heavy atom. The molecule has 0 atom stereocenters. The fraction of sp³-hybridized carbons (Fsp3) is 0.833. The van der Waals surface area contributed by atoms with Crippen LogP contribution in [0, 0.1) is 0 Å². The fourth-order valence-electron chi connectivity index (χ4n) is 0.570. The molecule has 0 aromatic rings. The molecule has 0 radical (unpaired) electrons. The summed E-state index contributed by atoms with van der Waals surface area (Å²) in [4.78, 5) is 9.89. The number of hydrogen-bond acceptors (Lipinski definition) is 3. The van der Waals surface area contributed by atoms with Crippen LogP contribution in [0.2, 0.25) is 0 Å². The van der Waals surface area contributed by atoms with Crippen molar-refractivity contribution in [1.29, 1.82) is 0 Å². The number of carbonyl (C=O) groups is 1. The number of aliphatic carboxylic acids is 1. The molecule has 1 N–H and O–H groups in total. The molecule has 0 spiro atoms. The standard InChI is InChI=1S/C6H7F6NO3/c7-5(8,6(9,10)13(11)12)3-16-2-1-4(14)15/h1-3H2,(H,14,15). The van der Waals surface area contributed by atoms with E-state index in [0.717, 1.165) is 0 Å². The van der Waals surface area contributed by atoms with Gasteiger partial charge < -0.3 is 9.84 Å². The molecule has 0 bridgehead atoms. The van der Waals surface area contributed by atoms with Crippen molar-refractivity contribution in [1.82, 2.24) is 5.34 Å². The minimum atomic E-state index is -5.67. The third-order valence-electron chi connectivity index (χ3n) is 1.40. The average Bonchev–Trinajstić information content (AvgIpc) is 2.11. The lowest BCUT2D eigenvalue weighted by Gasteiger charge is -2.25. The lowest BCUT2D eigenvalue weighted by Crippen LogP contribution is -2.50. The summed E-state index contributed by atoms with van der Waals surface area (Å²) < 4.78 is 75.8. The molecule has 0 aromatic carbocycles. The molecule has 0 saturated heterocycles. The number of halogens is 6. The van der Waals surface area contributed by atoms with E-state index in [4.69, 9.17) is 5.11 Å². The van der Waals surface area contributed by atoms with E-state index in [1.54, 1.807) is 0 Å². The van der Waals surface area contributed by atoms with Crippen LogP contribution in [0.1, 0.15) is 6.42 Å². The van der Waals surface area contributed by atoms with Gasteiger partial charge in [-0.3, -0.25) is 4.79 Å². The van der Waals surface area contributed by atoms with Gasteiger partial charge in [-0.1, -0.05) is 8.96 Å². The number of alkyl halides is 4. The monoisotopic (exact) mass is 255 g/mol. The molecule has 0 fully saturated rings. The van der Waals surface area contributed by atoms with Gasteiger partial charge in [0.05, 0.1) is 18.4 Å². The Morgan fingerprint density at radius 2 is 1.75 bits per heavy atom. The van der Waals surface area contributed by atoms with Gasteiger partial charge in [0.2, 0.25) is 0 Å². The van der Waals surface area contributed by atoms with Gasteiger partial charge >= 0.3 is 17.9 Å². The summed E-state index contributed by atoms with van der Waals surface area (Å²) in [6.45, 7) is -2.78. The van der Waals surface area contributed by atoms with Gasteiger partial charge in [-0.2, -0.15) is 17.6 Å². The molecule has 0 rings (SSSR count). The number of hydrogen-bond donors (Lipinski definition) is 1. The third kappa shape index (κ3) is 3.85. The predicted molar refractivity (Wildman–Crippen MR) is 37.0 cm³/mol. The summed E-state index contributed by atoms with van der Waals surface area (Å²) in [5.41, 5.74) is 0. The zero-order valence-electron chi connectivity index (χ0n) is 7.60. The second kappa shape index (κ2) is 5.34. The van der Waals surface area contributed by atoms with E-state index in [-0.39, 0.29) is 0 Å². The molecule has 0 aliphatic carbocycles. The van der Waals surface area contributed by atoms with E-state index >= 15 is 0 Å². The van der Waals surface area contributed by atoms with Gasteiger partial charge in [0.25, 0.3) is 0 Å². The maximum absolute atomic E-state index is 12.4. The number of nitrogens with zero attached hydrogens (tertiary/aromatic N) is 1. The minimum absolute atomic E-state index is 0.698.